The Morgan fingerprint density at radius 2 is 1.68 bits per heavy atom. The van der Waals surface area contributed by atoms with E-state index in [2.05, 4.69) is 55.7 Å². The highest BCUT2D eigenvalue weighted by Gasteiger charge is 2.17. The Kier molecular flexibility index (Phi) is 15.1. The molecule has 6 nitrogen and oxygen atoms in total. The molecular formula is C35H54N2O4. The second-order valence-electron chi connectivity index (χ2n) is 12.0. The number of allylic oxidation sites excluding steroid dienone is 2. The Hall–Kier alpha value is -2.90. The van der Waals surface area contributed by atoms with Gasteiger partial charge in [-0.2, -0.15) is 0 Å². The van der Waals surface area contributed by atoms with E-state index in [9.17, 15) is 15.3 Å². The molecule has 0 saturated heterocycles. The maximum atomic E-state index is 10.1. The molecule has 228 valence electrons. The van der Waals surface area contributed by atoms with E-state index in [0.717, 1.165) is 42.8 Å². The van der Waals surface area contributed by atoms with Crippen LogP contribution in [0.1, 0.15) is 71.9 Å². The third-order valence-electron chi connectivity index (χ3n) is 6.82. The molecule has 2 aromatic carbocycles. The predicted molar refractivity (Wildman–Crippen MR) is 173 cm³/mol. The molecule has 0 heterocycles. The molecule has 0 amide bonds. The molecule has 0 aliphatic rings. The van der Waals surface area contributed by atoms with Gasteiger partial charge in [0.1, 0.15) is 18.1 Å². The van der Waals surface area contributed by atoms with E-state index in [0.29, 0.717) is 11.7 Å². The summed E-state index contributed by atoms with van der Waals surface area (Å²) in [6.07, 6.45) is 6.84. The lowest BCUT2D eigenvalue weighted by Crippen LogP contribution is -2.40. The van der Waals surface area contributed by atoms with Crippen LogP contribution < -0.4 is 10.5 Å². The first-order valence-corrected chi connectivity index (χ1v) is 14.5. The fourth-order valence-electron chi connectivity index (χ4n) is 3.94. The van der Waals surface area contributed by atoms with Gasteiger partial charge in [0.25, 0.3) is 0 Å². The molecular weight excluding hydrogens is 512 g/mol. The number of benzene rings is 2. The van der Waals surface area contributed by atoms with E-state index in [1.165, 1.54) is 5.56 Å². The van der Waals surface area contributed by atoms with E-state index in [1.807, 2.05) is 32.1 Å². The van der Waals surface area contributed by atoms with Crippen molar-refractivity contribution in [3.05, 3.63) is 95.6 Å². The summed E-state index contributed by atoms with van der Waals surface area (Å²) in [5, 5.41) is 28.9. The Morgan fingerprint density at radius 3 is 2.20 bits per heavy atom. The smallest absolute Gasteiger partial charge is 0.123 e. The van der Waals surface area contributed by atoms with Crippen molar-refractivity contribution < 1.29 is 20.1 Å². The Labute approximate surface area is 248 Å². The van der Waals surface area contributed by atoms with Crippen molar-refractivity contribution in [1.82, 2.24) is 4.90 Å². The number of aryl methyl sites for hydroxylation is 1. The zero-order chi connectivity index (χ0) is 31.2. The summed E-state index contributed by atoms with van der Waals surface area (Å²) in [7, 11) is 0. The topological polar surface area (TPSA) is 99.2 Å². The van der Waals surface area contributed by atoms with Crippen molar-refractivity contribution in [2.45, 2.75) is 85.0 Å². The predicted octanol–water partition coefficient (Wildman–Crippen LogP) is 6.51. The number of aromatic hydroxyl groups is 1. The molecule has 0 bridgehead atoms. The normalized spacial score (nSPS) is 14.2. The molecule has 0 aromatic heterocycles. The lowest BCUT2D eigenvalue weighted by molar-refractivity contribution is 0.0284. The number of hydrogen-bond acceptors (Lipinski definition) is 6. The van der Waals surface area contributed by atoms with Gasteiger partial charge in [-0.05, 0) is 88.8 Å². The van der Waals surface area contributed by atoms with E-state index < -0.39 is 11.2 Å². The van der Waals surface area contributed by atoms with Crippen molar-refractivity contribution in [2.75, 3.05) is 26.2 Å². The van der Waals surface area contributed by atoms with Crippen molar-refractivity contribution in [1.29, 1.82) is 0 Å². The number of rotatable bonds is 14. The lowest BCUT2D eigenvalue weighted by Gasteiger charge is -2.28. The summed E-state index contributed by atoms with van der Waals surface area (Å²) in [5.74, 6) is 1.23. The van der Waals surface area contributed by atoms with Gasteiger partial charge in [0.15, 0.2) is 0 Å². The van der Waals surface area contributed by atoms with Crippen LogP contribution in [0.2, 0.25) is 0 Å². The van der Waals surface area contributed by atoms with Crippen LogP contribution in [0.15, 0.2) is 84.5 Å². The van der Waals surface area contributed by atoms with Crippen molar-refractivity contribution in [3.8, 4) is 11.5 Å². The number of phenolic OH excluding ortho intramolecular Hbond substituents is 1. The Balaban J connectivity index is 0.000000502. The monoisotopic (exact) mass is 566 g/mol. The highest BCUT2D eigenvalue weighted by Crippen LogP contribution is 2.23. The zero-order valence-electron chi connectivity index (χ0n) is 26.5. The number of nitrogens with zero attached hydrogens (tertiary/aromatic N) is 1. The van der Waals surface area contributed by atoms with Gasteiger partial charge in [-0.25, -0.2) is 0 Å². The van der Waals surface area contributed by atoms with E-state index in [1.54, 1.807) is 45.9 Å². The molecule has 0 saturated carbocycles. The maximum absolute atomic E-state index is 10.1. The SMILES string of the molecule is C=C/C(=C\C=C(/C)C(C)(C)O)C(N)CN(CCC)C[C@H](C)c1ccccc1.Cc1ccc(OCC(C)(C)O)cc1O. The average molecular weight is 567 g/mol. The highest BCUT2D eigenvalue weighted by atomic mass is 16.5. The van der Waals surface area contributed by atoms with Gasteiger partial charge >= 0.3 is 0 Å². The second kappa shape index (κ2) is 17.1. The van der Waals surface area contributed by atoms with Crippen LogP contribution >= 0.6 is 0 Å². The van der Waals surface area contributed by atoms with Gasteiger partial charge in [0.2, 0.25) is 0 Å². The van der Waals surface area contributed by atoms with E-state index >= 15 is 0 Å². The second-order valence-corrected chi connectivity index (χ2v) is 12.0. The minimum atomic E-state index is -0.861. The molecule has 1 unspecified atom stereocenters. The van der Waals surface area contributed by atoms with Crippen molar-refractivity contribution in [3.63, 3.8) is 0 Å². The van der Waals surface area contributed by atoms with Gasteiger partial charge in [0.05, 0.1) is 11.2 Å². The fourth-order valence-corrected chi connectivity index (χ4v) is 3.94. The van der Waals surface area contributed by atoms with Gasteiger partial charge in [-0.1, -0.05) is 75.1 Å². The highest BCUT2D eigenvalue weighted by molar-refractivity contribution is 5.38. The van der Waals surface area contributed by atoms with Crippen LogP contribution in [0.3, 0.4) is 0 Å². The van der Waals surface area contributed by atoms with Gasteiger partial charge in [-0.3, -0.25) is 0 Å². The summed E-state index contributed by atoms with van der Waals surface area (Å²) in [4.78, 5) is 2.44. The largest absolute Gasteiger partial charge is 0.508 e. The number of phenols is 1. The summed E-state index contributed by atoms with van der Waals surface area (Å²) < 4.78 is 5.30. The molecule has 41 heavy (non-hydrogen) atoms. The first-order chi connectivity index (χ1) is 19.1. The first kappa shape index (κ1) is 36.1. The molecule has 2 atom stereocenters. The molecule has 5 N–H and O–H groups in total. The molecule has 0 aliphatic heterocycles. The van der Waals surface area contributed by atoms with Crippen molar-refractivity contribution in [2.24, 2.45) is 5.73 Å². The Bertz CT molecular complexity index is 1110. The van der Waals surface area contributed by atoms with Crippen LogP contribution in [0.25, 0.3) is 0 Å². The van der Waals surface area contributed by atoms with Crippen LogP contribution in [0.4, 0.5) is 0 Å². The fraction of sp³-hybridized carbons (Fsp3) is 0.486. The van der Waals surface area contributed by atoms with E-state index in [4.69, 9.17) is 10.5 Å². The first-order valence-electron chi connectivity index (χ1n) is 14.5. The maximum Gasteiger partial charge on any atom is 0.123 e. The molecule has 0 aliphatic carbocycles. The number of nitrogens with two attached hydrogens (primary N) is 1. The lowest BCUT2D eigenvalue weighted by atomic mass is 9.97. The standard InChI is InChI=1S/C24H38N2O.C11H16O3/c1-7-16-26(17-19(3)22-12-10-9-11-13-22)18-23(25)21(8-2)15-14-20(4)24(5,6)27;1-8-4-5-9(6-10(8)12)14-7-11(2,3)13/h8-15,19,23,27H,2,7,16-18,25H2,1,3-6H3;4-6,12-13H,7H2,1-3H3/b20-14+,21-15+;/t19-,23?;/m0./s1. The average Bonchev–Trinajstić information content (AvgIpc) is 2.89. The Morgan fingerprint density at radius 1 is 1.05 bits per heavy atom. The van der Waals surface area contributed by atoms with Gasteiger partial charge in [-0.15, -0.1) is 0 Å². The minimum absolute atomic E-state index is 0.108. The quantitative estimate of drug-likeness (QED) is 0.195. The molecule has 6 heteroatoms. The molecule has 2 rings (SSSR count). The van der Waals surface area contributed by atoms with Crippen LogP contribution in [-0.4, -0.2) is 63.7 Å². The summed E-state index contributed by atoms with van der Waals surface area (Å²) in [6, 6.07) is 15.6. The van der Waals surface area contributed by atoms with Crippen LogP contribution in [-0.2, 0) is 0 Å². The molecule has 0 spiro atoms. The minimum Gasteiger partial charge on any atom is -0.508 e. The third-order valence-corrected chi connectivity index (χ3v) is 6.82. The molecule has 0 fully saturated rings. The van der Waals surface area contributed by atoms with Crippen LogP contribution in [0, 0.1) is 6.92 Å². The number of aliphatic hydroxyl groups is 2. The summed E-state index contributed by atoms with van der Waals surface area (Å²) in [6.45, 7) is 22.0. The summed E-state index contributed by atoms with van der Waals surface area (Å²) >= 11 is 0. The number of ether oxygens (including phenoxy) is 1. The van der Waals surface area contributed by atoms with Crippen molar-refractivity contribution >= 4 is 0 Å². The zero-order valence-corrected chi connectivity index (χ0v) is 26.5. The summed E-state index contributed by atoms with van der Waals surface area (Å²) in [5.41, 5.74) is 8.86. The molecule has 0 radical (unpaired) electrons. The number of hydrogen-bond donors (Lipinski definition) is 4. The van der Waals surface area contributed by atoms with Gasteiger partial charge in [0, 0.05) is 25.2 Å². The van der Waals surface area contributed by atoms with Gasteiger partial charge < -0.3 is 30.7 Å². The third kappa shape index (κ3) is 14.5. The van der Waals surface area contributed by atoms with Crippen LogP contribution in [0.5, 0.6) is 11.5 Å². The molecule has 2 aromatic rings. The van der Waals surface area contributed by atoms with E-state index in [-0.39, 0.29) is 18.4 Å².